The normalized spacial score (nSPS) is 10.0. The second-order valence-corrected chi connectivity index (χ2v) is 3.85. The Labute approximate surface area is 101 Å². The monoisotopic (exact) mass is 234 g/mol. The Balaban J connectivity index is 2.95. The molecule has 0 spiro atoms. The van der Waals surface area contributed by atoms with Crippen LogP contribution < -0.4 is 5.73 Å². The summed E-state index contributed by atoms with van der Waals surface area (Å²) in [7, 11) is 0. The van der Waals surface area contributed by atoms with E-state index in [1.54, 1.807) is 23.1 Å². The van der Waals surface area contributed by atoms with Crippen LogP contribution in [-0.4, -0.2) is 30.2 Å². The van der Waals surface area contributed by atoms with E-state index in [-0.39, 0.29) is 5.91 Å². The minimum absolute atomic E-state index is 0.0431. The number of amides is 1. The molecule has 4 heteroatoms. The molecule has 0 heterocycles. The first-order valence-electron chi connectivity index (χ1n) is 5.78. The first-order valence-corrected chi connectivity index (χ1v) is 5.78. The summed E-state index contributed by atoms with van der Waals surface area (Å²) in [5.74, 6) is -0.0431. The van der Waals surface area contributed by atoms with Crippen molar-refractivity contribution in [3.63, 3.8) is 0 Å². The van der Waals surface area contributed by atoms with Crippen LogP contribution in [-0.2, 0) is 0 Å². The van der Waals surface area contributed by atoms with Crippen molar-refractivity contribution in [3.8, 4) is 0 Å². The van der Waals surface area contributed by atoms with Gasteiger partial charge in [-0.2, -0.15) is 0 Å². The van der Waals surface area contributed by atoms with E-state index in [9.17, 15) is 9.59 Å². The molecule has 1 rings (SSSR count). The van der Waals surface area contributed by atoms with Crippen molar-refractivity contribution in [3.05, 3.63) is 29.3 Å². The zero-order valence-corrected chi connectivity index (χ0v) is 10.3. The average molecular weight is 234 g/mol. The maximum Gasteiger partial charge on any atom is 0.253 e. The van der Waals surface area contributed by atoms with Gasteiger partial charge in [0.1, 0.15) is 0 Å². The highest BCUT2D eigenvalue weighted by Crippen LogP contribution is 2.14. The quantitative estimate of drug-likeness (QED) is 0.625. The molecule has 0 radical (unpaired) electrons. The number of carbonyl (C=O) groups excluding carboxylic acids is 2. The Morgan fingerprint density at radius 2 is 2.12 bits per heavy atom. The molecule has 0 aromatic heterocycles. The van der Waals surface area contributed by atoms with E-state index in [2.05, 4.69) is 0 Å². The van der Waals surface area contributed by atoms with Gasteiger partial charge in [-0.1, -0.05) is 6.92 Å². The molecule has 17 heavy (non-hydrogen) atoms. The number of hydrogen-bond acceptors (Lipinski definition) is 3. The molecule has 0 saturated carbocycles. The fourth-order valence-electron chi connectivity index (χ4n) is 1.67. The fourth-order valence-corrected chi connectivity index (χ4v) is 1.67. The molecule has 0 bridgehead atoms. The number of hydrogen-bond donors (Lipinski definition) is 1. The smallest absolute Gasteiger partial charge is 0.253 e. The third-order valence-electron chi connectivity index (χ3n) is 2.62. The van der Waals surface area contributed by atoms with Crippen LogP contribution in [0.1, 0.15) is 41.0 Å². The van der Waals surface area contributed by atoms with Crippen LogP contribution in [0.25, 0.3) is 0 Å². The molecule has 2 N–H and O–H groups in total. The SMILES string of the molecule is CCCN(CC)C(=O)c1ccc(C=O)c(N)c1. The number of anilines is 1. The maximum absolute atomic E-state index is 12.1. The molecule has 0 unspecified atom stereocenters. The standard InChI is InChI=1S/C13H18N2O2/c1-3-7-15(4-2)13(17)10-5-6-11(9-16)12(14)8-10/h5-6,8-9H,3-4,7,14H2,1-2H3. The summed E-state index contributed by atoms with van der Waals surface area (Å²) in [4.78, 5) is 24.5. The number of aldehydes is 1. The summed E-state index contributed by atoms with van der Waals surface area (Å²) in [5, 5.41) is 0. The van der Waals surface area contributed by atoms with Gasteiger partial charge in [0.2, 0.25) is 0 Å². The largest absolute Gasteiger partial charge is 0.398 e. The number of nitrogens with two attached hydrogens (primary N) is 1. The highest BCUT2D eigenvalue weighted by molar-refractivity contribution is 5.97. The molecule has 92 valence electrons. The van der Waals surface area contributed by atoms with Gasteiger partial charge in [-0.3, -0.25) is 9.59 Å². The molecule has 0 saturated heterocycles. The Hall–Kier alpha value is -1.84. The van der Waals surface area contributed by atoms with E-state index in [0.29, 0.717) is 29.6 Å². The van der Waals surface area contributed by atoms with Crippen molar-refractivity contribution in [1.29, 1.82) is 0 Å². The van der Waals surface area contributed by atoms with Gasteiger partial charge >= 0.3 is 0 Å². The Bertz CT molecular complexity index is 416. The van der Waals surface area contributed by atoms with Crippen molar-refractivity contribution >= 4 is 17.9 Å². The summed E-state index contributed by atoms with van der Waals surface area (Å²) in [5.41, 5.74) is 6.98. The fraction of sp³-hybridized carbons (Fsp3) is 0.385. The summed E-state index contributed by atoms with van der Waals surface area (Å²) in [6.07, 6.45) is 1.61. The number of rotatable bonds is 5. The molecular formula is C13H18N2O2. The van der Waals surface area contributed by atoms with Crippen LogP contribution in [0.4, 0.5) is 5.69 Å². The highest BCUT2D eigenvalue weighted by Gasteiger charge is 2.14. The van der Waals surface area contributed by atoms with Gasteiger partial charge in [-0.15, -0.1) is 0 Å². The van der Waals surface area contributed by atoms with Crippen molar-refractivity contribution < 1.29 is 9.59 Å². The summed E-state index contributed by atoms with van der Waals surface area (Å²) in [6.45, 7) is 5.36. The Kier molecular flexibility index (Phi) is 4.69. The summed E-state index contributed by atoms with van der Waals surface area (Å²) < 4.78 is 0. The molecule has 1 amide bonds. The maximum atomic E-state index is 12.1. The third-order valence-corrected chi connectivity index (χ3v) is 2.62. The molecule has 4 nitrogen and oxygen atoms in total. The van der Waals surface area contributed by atoms with Gasteiger partial charge in [0.25, 0.3) is 5.91 Å². The Morgan fingerprint density at radius 3 is 2.59 bits per heavy atom. The highest BCUT2D eigenvalue weighted by atomic mass is 16.2. The van der Waals surface area contributed by atoms with E-state index in [1.807, 2.05) is 13.8 Å². The van der Waals surface area contributed by atoms with E-state index in [1.165, 1.54) is 0 Å². The van der Waals surface area contributed by atoms with Gasteiger partial charge in [0.05, 0.1) is 0 Å². The predicted octanol–water partition coefficient (Wildman–Crippen LogP) is 1.95. The minimum atomic E-state index is -0.0431. The van der Waals surface area contributed by atoms with Crippen molar-refractivity contribution in [2.45, 2.75) is 20.3 Å². The van der Waals surface area contributed by atoms with Crippen molar-refractivity contribution in [1.82, 2.24) is 4.90 Å². The average Bonchev–Trinajstić information content (AvgIpc) is 2.35. The molecule has 0 aliphatic carbocycles. The van der Waals surface area contributed by atoms with Gasteiger partial charge in [0, 0.05) is 29.9 Å². The summed E-state index contributed by atoms with van der Waals surface area (Å²) >= 11 is 0. The molecule has 0 aliphatic heterocycles. The lowest BCUT2D eigenvalue weighted by Gasteiger charge is -2.20. The zero-order chi connectivity index (χ0) is 12.8. The second-order valence-electron chi connectivity index (χ2n) is 3.85. The van der Waals surface area contributed by atoms with Crippen LogP contribution >= 0.6 is 0 Å². The van der Waals surface area contributed by atoms with Crippen LogP contribution in [0.15, 0.2) is 18.2 Å². The van der Waals surface area contributed by atoms with Crippen molar-refractivity contribution in [2.24, 2.45) is 0 Å². The minimum Gasteiger partial charge on any atom is -0.398 e. The lowest BCUT2D eigenvalue weighted by Crippen LogP contribution is -2.31. The number of nitrogens with zero attached hydrogens (tertiary/aromatic N) is 1. The molecule has 0 fully saturated rings. The van der Waals surface area contributed by atoms with Gasteiger partial charge < -0.3 is 10.6 Å². The van der Waals surface area contributed by atoms with E-state index in [4.69, 9.17) is 5.73 Å². The molecule has 0 atom stereocenters. The lowest BCUT2D eigenvalue weighted by atomic mass is 10.1. The van der Waals surface area contributed by atoms with Gasteiger partial charge in [0.15, 0.2) is 6.29 Å². The van der Waals surface area contributed by atoms with Crippen LogP contribution in [0.2, 0.25) is 0 Å². The molecular weight excluding hydrogens is 216 g/mol. The van der Waals surface area contributed by atoms with Gasteiger partial charge in [-0.25, -0.2) is 0 Å². The summed E-state index contributed by atoms with van der Waals surface area (Å²) in [6, 6.07) is 4.78. The lowest BCUT2D eigenvalue weighted by molar-refractivity contribution is 0.0764. The van der Waals surface area contributed by atoms with Gasteiger partial charge in [-0.05, 0) is 31.5 Å². The predicted molar refractivity (Wildman–Crippen MR) is 68.1 cm³/mol. The van der Waals surface area contributed by atoms with Crippen LogP contribution in [0.3, 0.4) is 0 Å². The molecule has 1 aromatic carbocycles. The number of nitrogen functional groups attached to an aromatic ring is 1. The number of carbonyl (C=O) groups is 2. The van der Waals surface area contributed by atoms with Crippen LogP contribution in [0.5, 0.6) is 0 Å². The second kappa shape index (κ2) is 6.03. The van der Waals surface area contributed by atoms with E-state index >= 15 is 0 Å². The van der Waals surface area contributed by atoms with E-state index < -0.39 is 0 Å². The number of benzene rings is 1. The van der Waals surface area contributed by atoms with E-state index in [0.717, 1.165) is 13.0 Å². The van der Waals surface area contributed by atoms with Crippen molar-refractivity contribution in [2.75, 3.05) is 18.8 Å². The first-order chi connectivity index (χ1) is 8.13. The first kappa shape index (κ1) is 13.2. The third kappa shape index (κ3) is 3.06. The topological polar surface area (TPSA) is 63.4 Å². The molecule has 1 aromatic rings. The Morgan fingerprint density at radius 1 is 1.41 bits per heavy atom. The van der Waals surface area contributed by atoms with Crippen LogP contribution in [0, 0.1) is 0 Å². The molecule has 0 aliphatic rings. The zero-order valence-electron chi connectivity index (χ0n) is 10.3.